The van der Waals surface area contributed by atoms with Gasteiger partial charge < -0.3 is 14.5 Å². The average molecular weight is 709 g/mol. The van der Waals surface area contributed by atoms with Crippen molar-refractivity contribution >= 4 is 17.4 Å². The number of carbonyl (C=O) groups is 1. The van der Waals surface area contributed by atoms with E-state index in [-0.39, 0.29) is 51.0 Å². The molecule has 11 heteroatoms. The molecule has 0 bridgehead atoms. The number of hydrogen-bond donors (Lipinski definition) is 1. The first-order chi connectivity index (χ1) is 23.6. The number of nitrogens with one attached hydrogen (secondary N) is 1. The molecule has 1 N–H and O–H groups in total. The zero-order chi connectivity index (χ0) is 37.8. The van der Waals surface area contributed by atoms with Gasteiger partial charge in [0.2, 0.25) is 0 Å². The lowest BCUT2D eigenvalue weighted by Crippen LogP contribution is -2.16. The molecule has 0 saturated heterocycles. The fourth-order valence-corrected chi connectivity index (χ4v) is 6.23. The van der Waals surface area contributed by atoms with E-state index in [9.17, 15) is 31.1 Å². The van der Waals surface area contributed by atoms with E-state index in [1.54, 1.807) is 32.9 Å². The van der Waals surface area contributed by atoms with Crippen molar-refractivity contribution in [2.75, 3.05) is 0 Å². The fourth-order valence-electron chi connectivity index (χ4n) is 6.23. The van der Waals surface area contributed by atoms with Gasteiger partial charge in [0, 0.05) is 11.3 Å². The number of ether oxygens (including phenoxy) is 2. The highest BCUT2D eigenvalue weighted by atomic mass is 19.4. The summed E-state index contributed by atoms with van der Waals surface area (Å²) in [6.45, 7) is 16.3. The van der Waals surface area contributed by atoms with Crippen LogP contribution in [0.4, 0.5) is 26.3 Å². The van der Waals surface area contributed by atoms with Gasteiger partial charge in [0.05, 0.1) is 28.1 Å². The van der Waals surface area contributed by atoms with Gasteiger partial charge in [0.1, 0.15) is 17.2 Å². The van der Waals surface area contributed by atoms with Crippen LogP contribution in [0.3, 0.4) is 0 Å². The molecule has 4 aromatic rings. The molecule has 1 aromatic heterocycles. The molecular weight excluding hydrogens is 670 g/mol. The van der Waals surface area contributed by atoms with Crippen LogP contribution in [0.2, 0.25) is 0 Å². The number of nitrogens with zero attached hydrogens (tertiary/aromatic N) is 1. The van der Waals surface area contributed by atoms with Crippen molar-refractivity contribution in [1.82, 2.24) is 4.98 Å². The quantitative estimate of drug-likeness (QED) is 0.0939. The smallest absolute Gasteiger partial charge is 0.417 e. The van der Waals surface area contributed by atoms with Crippen molar-refractivity contribution in [2.45, 2.75) is 80.1 Å². The third-order valence-electron chi connectivity index (χ3n) is 8.92. The van der Waals surface area contributed by atoms with Crippen molar-refractivity contribution in [3.8, 4) is 22.6 Å². The van der Waals surface area contributed by atoms with Crippen molar-refractivity contribution in [2.24, 2.45) is 4.99 Å². The summed E-state index contributed by atoms with van der Waals surface area (Å²) in [6, 6.07) is 14.3. The molecule has 2 heterocycles. The largest absolute Gasteiger partial charge is 0.452 e. The van der Waals surface area contributed by atoms with Gasteiger partial charge in [0.15, 0.2) is 5.76 Å². The van der Waals surface area contributed by atoms with Crippen molar-refractivity contribution in [3.63, 3.8) is 0 Å². The van der Waals surface area contributed by atoms with E-state index in [0.717, 1.165) is 22.8 Å². The van der Waals surface area contributed by atoms with Crippen LogP contribution in [0.15, 0.2) is 82.5 Å². The molecule has 0 atom stereocenters. The van der Waals surface area contributed by atoms with E-state index in [1.807, 2.05) is 44.2 Å². The molecule has 268 valence electrons. The predicted octanol–water partition coefficient (Wildman–Crippen LogP) is 11.4. The lowest BCUT2D eigenvalue weighted by molar-refractivity contribution is -0.142. The van der Waals surface area contributed by atoms with Crippen molar-refractivity contribution in [1.29, 1.82) is 0 Å². The van der Waals surface area contributed by atoms with Crippen LogP contribution in [0.25, 0.3) is 16.9 Å². The zero-order valence-corrected chi connectivity index (χ0v) is 29.7. The van der Waals surface area contributed by atoms with Gasteiger partial charge in [-0.1, -0.05) is 57.2 Å². The van der Waals surface area contributed by atoms with E-state index in [1.165, 1.54) is 6.92 Å². The summed E-state index contributed by atoms with van der Waals surface area (Å²) in [5.74, 6) is 0.268. The summed E-state index contributed by atoms with van der Waals surface area (Å²) >= 11 is 0. The maximum Gasteiger partial charge on any atom is 0.417 e. The Hall–Kier alpha value is -5.06. The van der Waals surface area contributed by atoms with Gasteiger partial charge in [-0.05, 0) is 105 Å². The Balaban J connectivity index is 1.69. The van der Waals surface area contributed by atoms with Gasteiger partial charge in [0.25, 0.3) is 0 Å². The van der Waals surface area contributed by atoms with Crippen molar-refractivity contribution < 1.29 is 40.6 Å². The number of H-pyrrole nitrogens is 1. The number of esters is 1. The van der Waals surface area contributed by atoms with E-state index in [4.69, 9.17) is 14.5 Å². The Bertz CT molecular complexity index is 2100. The molecule has 0 amide bonds. The first-order valence-corrected chi connectivity index (χ1v) is 16.2. The number of halogens is 6. The van der Waals surface area contributed by atoms with Crippen molar-refractivity contribution in [3.05, 3.63) is 122 Å². The SMILES string of the molecule is CC1=N/C(=C(/Oc2c(C)cccc2C)c2[nH]c(C)c(-c3ccc(C(F)(F)F)cc3C(F)(F)F)c2C)C(C)=C1C(=O)Oc1ccc(C(C)(C)C)cc1. The van der Waals surface area contributed by atoms with Crippen LogP contribution in [-0.4, -0.2) is 16.7 Å². The average Bonchev–Trinajstić information content (AvgIpc) is 3.48. The number of hydrogen-bond acceptors (Lipinski definition) is 4. The topological polar surface area (TPSA) is 63.7 Å². The molecule has 3 aromatic carbocycles. The Kier molecular flexibility index (Phi) is 9.66. The van der Waals surface area contributed by atoms with Crippen LogP contribution >= 0.6 is 0 Å². The second-order valence-corrected chi connectivity index (χ2v) is 13.7. The number of para-hydroxylation sites is 1. The molecule has 0 fully saturated rings. The molecule has 0 spiro atoms. The summed E-state index contributed by atoms with van der Waals surface area (Å²) < 4.78 is 95.8. The molecule has 1 aliphatic rings. The number of aryl methyl sites for hydroxylation is 3. The van der Waals surface area contributed by atoms with Crippen LogP contribution in [0.1, 0.15) is 79.4 Å². The Morgan fingerprint density at radius 2 is 1.33 bits per heavy atom. The van der Waals surface area contributed by atoms with Crippen LogP contribution in [0.5, 0.6) is 11.5 Å². The van der Waals surface area contributed by atoms with Crippen LogP contribution < -0.4 is 9.47 Å². The number of aliphatic imine (C=N–C) groups is 1. The highest BCUT2D eigenvalue weighted by molar-refractivity contribution is 6.23. The molecule has 5 nitrogen and oxygen atoms in total. The first kappa shape index (κ1) is 37.2. The van der Waals surface area contributed by atoms with Gasteiger partial charge in [-0.15, -0.1) is 0 Å². The van der Waals surface area contributed by atoms with Gasteiger partial charge in [-0.3, -0.25) is 0 Å². The molecular formula is C40H38F6N2O3. The molecule has 5 rings (SSSR count). The Morgan fingerprint density at radius 1 is 0.745 bits per heavy atom. The minimum atomic E-state index is -5.09. The second-order valence-electron chi connectivity index (χ2n) is 13.7. The number of aromatic amines is 1. The summed E-state index contributed by atoms with van der Waals surface area (Å²) in [6.07, 6.45) is -10.1. The zero-order valence-electron chi connectivity index (χ0n) is 29.7. The Morgan fingerprint density at radius 3 is 1.88 bits per heavy atom. The summed E-state index contributed by atoms with van der Waals surface area (Å²) in [7, 11) is 0. The maximum absolute atomic E-state index is 14.3. The molecule has 0 unspecified atom stereocenters. The predicted molar refractivity (Wildman–Crippen MR) is 186 cm³/mol. The maximum atomic E-state index is 14.3. The molecule has 51 heavy (non-hydrogen) atoms. The van der Waals surface area contributed by atoms with Gasteiger partial charge in [-0.2, -0.15) is 26.3 Å². The number of carbonyl (C=O) groups excluding carboxylic acids is 1. The molecule has 0 radical (unpaired) electrons. The second kappa shape index (κ2) is 13.2. The third-order valence-corrected chi connectivity index (χ3v) is 8.92. The summed E-state index contributed by atoms with van der Waals surface area (Å²) in [5.41, 5.74) is 1.24. The summed E-state index contributed by atoms with van der Waals surface area (Å²) in [5, 5.41) is 0. The first-order valence-electron chi connectivity index (χ1n) is 16.2. The number of benzene rings is 3. The van der Waals surface area contributed by atoms with Crippen LogP contribution in [-0.2, 0) is 22.6 Å². The lowest BCUT2D eigenvalue weighted by Gasteiger charge is -2.19. The number of rotatable bonds is 6. The van der Waals surface area contributed by atoms with E-state index < -0.39 is 35.0 Å². The van der Waals surface area contributed by atoms with Crippen LogP contribution in [0, 0.1) is 27.7 Å². The molecule has 0 saturated carbocycles. The monoisotopic (exact) mass is 708 g/mol. The molecule has 1 aliphatic heterocycles. The highest BCUT2D eigenvalue weighted by Crippen LogP contribution is 2.45. The fraction of sp³-hybridized carbons (Fsp3) is 0.300. The van der Waals surface area contributed by atoms with E-state index in [0.29, 0.717) is 28.9 Å². The number of aromatic nitrogens is 1. The van der Waals surface area contributed by atoms with Gasteiger partial charge in [-0.25, -0.2) is 9.79 Å². The standard InChI is InChI=1S/C40H38F6N2O3/c1-20-11-10-12-21(2)35(20)51-36(34-23(4)32(25(6)48-34)37(49)50-28-16-13-26(14-17-28)38(7,8)9)33-22(3)31(24(5)47-33)29-18-15-27(39(41,42)43)19-30(29)40(44,45)46/h10-19,47H,1-9H3/b36-34+. The Labute approximate surface area is 292 Å². The number of allylic oxidation sites excluding steroid dienone is 1. The highest BCUT2D eigenvalue weighted by Gasteiger charge is 2.40. The minimum absolute atomic E-state index is 0.0629. The number of alkyl halides is 6. The molecule has 0 aliphatic carbocycles. The third kappa shape index (κ3) is 7.38. The van der Waals surface area contributed by atoms with E-state index >= 15 is 0 Å². The summed E-state index contributed by atoms with van der Waals surface area (Å²) in [4.78, 5) is 21.4. The minimum Gasteiger partial charge on any atom is -0.452 e. The normalized spacial score (nSPS) is 14.9. The van der Waals surface area contributed by atoms with E-state index in [2.05, 4.69) is 25.8 Å². The van der Waals surface area contributed by atoms with Gasteiger partial charge >= 0.3 is 18.3 Å². The lowest BCUT2D eigenvalue weighted by atomic mass is 9.87.